The van der Waals surface area contributed by atoms with Gasteiger partial charge in [-0.25, -0.2) is 4.79 Å². The summed E-state index contributed by atoms with van der Waals surface area (Å²) in [5, 5.41) is 18.8. The van der Waals surface area contributed by atoms with Gasteiger partial charge in [-0.15, -0.1) is 10.2 Å². The lowest BCUT2D eigenvalue weighted by Crippen LogP contribution is -2.39. The molecule has 0 saturated heterocycles. The van der Waals surface area contributed by atoms with Gasteiger partial charge in [0.25, 0.3) is 0 Å². The van der Waals surface area contributed by atoms with Crippen molar-refractivity contribution in [2.75, 3.05) is 20.1 Å². The highest BCUT2D eigenvalue weighted by Crippen LogP contribution is 1.93. The molecule has 2 amide bonds. The Hall–Kier alpha value is -2.12. The zero-order chi connectivity index (χ0) is 13.5. The maximum atomic E-state index is 11.5. The number of amides is 2. The van der Waals surface area contributed by atoms with Crippen molar-refractivity contribution in [1.82, 2.24) is 25.0 Å². The molecule has 2 N–H and O–H groups in total. The van der Waals surface area contributed by atoms with Crippen LogP contribution >= 0.6 is 0 Å². The van der Waals surface area contributed by atoms with E-state index in [9.17, 15) is 9.59 Å². The molecule has 0 saturated carbocycles. The van der Waals surface area contributed by atoms with E-state index in [1.807, 2.05) is 7.05 Å². The Kier molecular flexibility index (Phi) is 5.09. The van der Waals surface area contributed by atoms with E-state index in [0.717, 1.165) is 5.82 Å². The van der Waals surface area contributed by atoms with E-state index in [2.05, 4.69) is 15.5 Å². The van der Waals surface area contributed by atoms with Crippen molar-refractivity contribution >= 4 is 12.0 Å². The average molecular weight is 255 g/mol. The summed E-state index contributed by atoms with van der Waals surface area (Å²) < 4.78 is 1.78. The van der Waals surface area contributed by atoms with Crippen LogP contribution in [-0.2, 0) is 18.3 Å². The smallest absolute Gasteiger partial charge is 0.317 e. The molecule has 8 heteroatoms. The second kappa shape index (κ2) is 6.58. The third-order valence-corrected chi connectivity index (χ3v) is 2.44. The molecule has 1 rings (SSSR count). The minimum absolute atomic E-state index is 0.0623. The molecule has 0 radical (unpaired) electrons. The molecule has 1 heterocycles. The number of carboxylic acid groups (broad SMARTS) is 1. The lowest BCUT2D eigenvalue weighted by Gasteiger charge is -2.16. The van der Waals surface area contributed by atoms with Crippen LogP contribution in [0, 0.1) is 0 Å². The number of carbonyl (C=O) groups is 2. The third-order valence-electron chi connectivity index (χ3n) is 2.44. The fraction of sp³-hybridized carbons (Fsp3) is 0.600. The molecule has 0 atom stereocenters. The fourth-order valence-corrected chi connectivity index (χ4v) is 1.31. The van der Waals surface area contributed by atoms with Gasteiger partial charge in [0.1, 0.15) is 12.2 Å². The number of aromatic nitrogens is 3. The minimum Gasteiger partial charge on any atom is -0.481 e. The van der Waals surface area contributed by atoms with Gasteiger partial charge in [-0.3, -0.25) is 4.79 Å². The first-order valence-corrected chi connectivity index (χ1v) is 5.54. The first-order chi connectivity index (χ1) is 8.50. The van der Waals surface area contributed by atoms with Crippen LogP contribution in [0.2, 0.25) is 0 Å². The van der Waals surface area contributed by atoms with Gasteiger partial charge in [-0.05, 0) is 0 Å². The topological polar surface area (TPSA) is 100 Å². The largest absolute Gasteiger partial charge is 0.481 e. The van der Waals surface area contributed by atoms with Gasteiger partial charge in [0, 0.05) is 33.6 Å². The van der Waals surface area contributed by atoms with Crippen molar-refractivity contribution in [3.05, 3.63) is 12.2 Å². The number of carboxylic acids is 1. The fourth-order valence-electron chi connectivity index (χ4n) is 1.31. The van der Waals surface area contributed by atoms with Crippen LogP contribution < -0.4 is 5.32 Å². The Labute approximate surface area is 105 Å². The molecular formula is C10H17N5O3. The van der Waals surface area contributed by atoms with E-state index in [4.69, 9.17) is 5.11 Å². The summed E-state index contributed by atoms with van der Waals surface area (Å²) >= 11 is 0. The van der Waals surface area contributed by atoms with E-state index in [1.54, 1.807) is 17.9 Å². The summed E-state index contributed by atoms with van der Waals surface area (Å²) in [5.74, 6) is -0.141. The van der Waals surface area contributed by atoms with E-state index < -0.39 is 5.97 Å². The first-order valence-electron chi connectivity index (χ1n) is 5.54. The van der Waals surface area contributed by atoms with Gasteiger partial charge in [0.05, 0.1) is 6.42 Å². The molecule has 8 nitrogen and oxygen atoms in total. The Morgan fingerprint density at radius 1 is 1.56 bits per heavy atom. The van der Waals surface area contributed by atoms with Gasteiger partial charge >= 0.3 is 12.0 Å². The van der Waals surface area contributed by atoms with Crippen LogP contribution in [0.5, 0.6) is 0 Å². The predicted octanol–water partition coefficient (Wildman–Crippen LogP) is -0.526. The predicted molar refractivity (Wildman–Crippen MR) is 63.0 cm³/mol. The number of rotatable bonds is 6. The summed E-state index contributed by atoms with van der Waals surface area (Å²) in [6.07, 6.45) is 2.11. The first kappa shape index (κ1) is 13.9. The number of aliphatic carboxylic acids is 1. The van der Waals surface area contributed by atoms with Crippen molar-refractivity contribution in [3.63, 3.8) is 0 Å². The summed E-state index contributed by atoms with van der Waals surface area (Å²) in [7, 11) is 3.39. The second-order valence-electron chi connectivity index (χ2n) is 3.91. The highest BCUT2D eigenvalue weighted by molar-refractivity contribution is 5.74. The monoisotopic (exact) mass is 255 g/mol. The van der Waals surface area contributed by atoms with E-state index in [0.29, 0.717) is 13.0 Å². The van der Waals surface area contributed by atoms with Crippen molar-refractivity contribution in [2.45, 2.75) is 12.8 Å². The van der Waals surface area contributed by atoms with E-state index in [-0.39, 0.29) is 19.0 Å². The Morgan fingerprint density at radius 3 is 2.83 bits per heavy atom. The standard InChI is InChI=1S/C10H17N5O3/c1-14(6-4-9(16)17)10(18)11-5-3-8-13-12-7-15(8)2/h7H,3-6H2,1-2H3,(H,11,18)(H,16,17). The van der Waals surface area contributed by atoms with Crippen molar-refractivity contribution < 1.29 is 14.7 Å². The lowest BCUT2D eigenvalue weighted by molar-refractivity contribution is -0.137. The second-order valence-corrected chi connectivity index (χ2v) is 3.91. The number of aryl methyl sites for hydroxylation is 1. The summed E-state index contributed by atoms with van der Waals surface area (Å²) in [6, 6.07) is -0.293. The number of hydrogen-bond acceptors (Lipinski definition) is 4. The summed E-state index contributed by atoms with van der Waals surface area (Å²) in [4.78, 5) is 23.2. The molecule has 0 fully saturated rings. The molecule has 1 aromatic heterocycles. The molecule has 100 valence electrons. The summed E-state index contributed by atoms with van der Waals surface area (Å²) in [6.45, 7) is 0.619. The highest BCUT2D eigenvalue weighted by atomic mass is 16.4. The van der Waals surface area contributed by atoms with Crippen LogP contribution in [0.25, 0.3) is 0 Å². The number of hydrogen-bond donors (Lipinski definition) is 2. The minimum atomic E-state index is -0.922. The van der Waals surface area contributed by atoms with Gasteiger partial charge < -0.3 is 19.9 Å². The van der Waals surface area contributed by atoms with Gasteiger partial charge in [-0.2, -0.15) is 0 Å². The highest BCUT2D eigenvalue weighted by Gasteiger charge is 2.09. The van der Waals surface area contributed by atoms with Gasteiger partial charge in [0.2, 0.25) is 0 Å². The van der Waals surface area contributed by atoms with Gasteiger partial charge in [-0.1, -0.05) is 0 Å². The molecule has 0 aliphatic carbocycles. The zero-order valence-electron chi connectivity index (χ0n) is 10.5. The Morgan fingerprint density at radius 2 is 2.28 bits per heavy atom. The van der Waals surface area contributed by atoms with Crippen molar-refractivity contribution in [2.24, 2.45) is 7.05 Å². The van der Waals surface area contributed by atoms with Crippen molar-refractivity contribution in [1.29, 1.82) is 0 Å². The number of nitrogens with one attached hydrogen (secondary N) is 1. The zero-order valence-corrected chi connectivity index (χ0v) is 10.5. The molecule has 0 aliphatic heterocycles. The molecule has 0 bridgehead atoms. The molecule has 0 aliphatic rings. The number of urea groups is 1. The lowest BCUT2D eigenvalue weighted by atomic mass is 10.4. The normalized spacial score (nSPS) is 10.1. The number of carbonyl (C=O) groups excluding carboxylic acids is 1. The van der Waals surface area contributed by atoms with Gasteiger partial charge in [0.15, 0.2) is 0 Å². The molecule has 1 aromatic rings. The summed E-state index contributed by atoms with van der Waals surface area (Å²) in [5.41, 5.74) is 0. The maximum Gasteiger partial charge on any atom is 0.317 e. The van der Waals surface area contributed by atoms with Crippen LogP contribution in [-0.4, -0.2) is 56.9 Å². The maximum absolute atomic E-state index is 11.5. The van der Waals surface area contributed by atoms with E-state index in [1.165, 1.54) is 4.90 Å². The Balaban J connectivity index is 2.24. The van der Waals surface area contributed by atoms with Crippen molar-refractivity contribution in [3.8, 4) is 0 Å². The molecular weight excluding hydrogens is 238 g/mol. The third kappa shape index (κ3) is 4.40. The molecule has 0 spiro atoms. The number of nitrogens with zero attached hydrogens (tertiary/aromatic N) is 4. The quantitative estimate of drug-likeness (QED) is 0.712. The van der Waals surface area contributed by atoms with E-state index >= 15 is 0 Å². The molecule has 18 heavy (non-hydrogen) atoms. The SMILES string of the molecule is CN(CCC(=O)O)C(=O)NCCc1nncn1C. The molecule has 0 aromatic carbocycles. The molecule has 0 unspecified atom stereocenters. The average Bonchev–Trinajstić information content (AvgIpc) is 2.72. The van der Waals surface area contributed by atoms with Crippen LogP contribution in [0.3, 0.4) is 0 Å². The Bertz CT molecular complexity index is 417. The van der Waals surface area contributed by atoms with Crippen LogP contribution in [0.1, 0.15) is 12.2 Å². The van der Waals surface area contributed by atoms with Crippen LogP contribution in [0.4, 0.5) is 4.79 Å². The van der Waals surface area contributed by atoms with Crippen LogP contribution in [0.15, 0.2) is 6.33 Å².